The van der Waals surface area contributed by atoms with Gasteiger partial charge in [0.05, 0.1) is 6.61 Å². The van der Waals surface area contributed by atoms with Gasteiger partial charge in [0.1, 0.15) is 10.6 Å². The zero-order valence-corrected chi connectivity index (χ0v) is 17.4. The lowest BCUT2D eigenvalue weighted by molar-refractivity contribution is 0.0529. The third-order valence-electron chi connectivity index (χ3n) is 4.42. The lowest BCUT2D eigenvalue weighted by Crippen LogP contribution is -2.15. The quantitative estimate of drug-likeness (QED) is 0.513. The molecule has 1 aromatic heterocycles. The van der Waals surface area contributed by atoms with Crippen molar-refractivity contribution in [3.8, 4) is 11.1 Å². The maximum atomic E-state index is 12.7. The van der Waals surface area contributed by atoms with Crippen LogP contribution in [0.2, 0.25) is 5.02 Å². The van der Waals surface area contributed by atoms with Gasteiger partial charge in [-0.25, -0.2) is 4.79 Å². The number of aryl methyl sites for hydroxylation is 2. The van der Waals surface area contributed by atoms with Gasteiger partial charge in [-0.1, -0.05) is 29.8 Å². The SMILES string of the molecule is CCOC(=O)c1c(-c2ccc(Cl)cc2)csc1NC(=O)c1ccc(C)c(C)c1. The summed E-state index contributed by atoms with van der Waals surface area (Å²) in [4.78, 5) is 25.3. The van der Waals surface area contributed by atoms with Crippen molar-refractivity contribution in [3.63, 3.8) is 0 Å². The Morgan fingerprint density at radius 3 is 2.43 bits per heavy atom. The number of anilines is 1. The lowest BCUT2D eigenvalue weighted by Gasteiger charge is -2.10. The molecule has 28 heavy (non-hydrogen) atoms. The molecule has 4 nitrogen and oxygen atoms in total. The van der Waals surface area contributed by atoms with Gasteiger partial charge in [0.15, 0.2) is 0 Å². The molecule has 0 fully saturated rings. The molecule has 0 spiro atoms. The van der Waals surface area contributed by atoms with E-state index >= 15 is 0 Å². The van der Waals surface area contributed by atoms with Crippen molar-refractivity contribution in [2.24, 2.45) is 0 Å². The lowest BCUT2D eigenvalue weighted by atomic mass is 10.0. The molecule has 0 aliphatic carbocycles. The van der Waals surface area contributed by atoms with Crippen molar-refractivity contribution < 1.29 is 14.3 Å². The van der Waals surface area contributed by atoms with Gasteiger partial charge in [-0.15, -0.1) is 11.3 Å². The first-order valence-corrected chi connectivity index (χ1v) is 10.1. The first-order chi connectivity index (χ1) is 13.4. The fourth-order valence-electron chi connectivity index (χ4n) is 2.76. The van der Waals surface area contributed by atoms with Crippen molar-refractivity contribution in [1.82, 2.24) is 0 Å². The standard InChI is InChI=1S/C22H20ClNO3S/c1-4-27-22(26)19-18(15-7-9-17(23)10-8-15)12-28-21(19)24-20(25)16-6-5-13(2)14(3)11-16/h5-12H,4H2,1-3H3,(H,24,25). The van der Waals surface area contributed by atoms with Gasteiger partial charge < -0.3 is 10.1 Å². The van der Waals surface area contributed by atoms with Crippen LogP contribution < -0.4 is 5.32 Å². The van der Waals surface area contributed by atoms with E-state index < -0.39 is 5.97 Å². The molecule has 3 aromatic rings. The molecule has 0 aliphatic rings. The second-order valence-electron chi connectivity index (χ2n) is 6.33. The smallest absolute Gasteiger partial charge is 0.341 e. The highest BCUT2D eigenvalue weighted by Crippen LogP contribution is 2.37. The number of hydrogen-bond donors (Lipinski definition) is 1. The first-order valence-electron chi connectivity index (χ1n) is 8.84. The largest absolute Gasteiger partial charge is 0.462 e. The van der Waals surface area contributed by atoms with Crippen LogP contribution in [0, 0.1) is 13.8 Å². The van der Waals surface area contributed by atoms with Crippen molar-refractivity contribution in [3.05, 3.63) is 75.1 Å². The Labute approximate surface area is 173 Å². The molecule has 2 aromatic carbocycles. The van der Waals surface area contributed by atoms with E-state index in [0.717, 1.165) is 16.7 Å². The Morgan fingerprint density at radius 2 is 1.79 bits per heavy atom. The Morgan fingerprint density at radius 1 is 1.07 bits per heavy atom. The normalized spacial score (nSPS) is 10.6. The van der Waals surface area contributed by atoms with Crippen LogP contribution in [0.3, 0.4) is 0 Å². The first kappa shape index (κ1) is 20.1. The van der Waals surface area contributed by atoms with Gasteiger partial charge in [-0.3, -0.25) is 4.79 Å². The molecular formula is C22H20ClNO3S. The van der Waals surface area contributed by atoms with Gasteiger partial charge in [0, 0.05) is 21.5 Å². The maximum absolute atomic E-state index is 12.7. The molecular weight excluding hydrogens is 394 g/mol. The molecule has 0 unspecified atom stereocenters. The van der Waals surface area contributed by atoms with E-state index in [1.807, 2.05) is 43.5 Å². The van der Waals surface area contributed by atoms with Gasteiger partial charge in [-0.05, 0) is 61.7 Å². The third kappa shape index (κ3) is 4.26. The van der Waals surface area contributed by atoms with Crippen LogP contribution >= 0.6 is 22.9 Å². The molecule has 0 saturated carbocycles. The van der Waals surface area contributed by atoms with Crippen LogP contribution in [0.1, 0.15) is 38.8 Å². The summed E-state index contributed by atoms with van der Waals surface area (Å²) in [5, 5.41) is 5.78. The predicted molar refractivity (Wildman–Crippen MR) is 115 cm³/mol. The minimum atomic E-state index is -0.468. The van der Waals surface area contributed by atoms with E-state index in [1.54, 1.807) is 25.1 Å². The molecule has 0 atom stereocenters. The summed E-state index contributed by atoms with van der Waals surface area (Å²) in [6.45, 7) is 5.95. The van der Waals surface area contributed by atoms with Gasteiger partial charge in [0.2, 0.25) is 0 Å². The molecule has 0 aliphatic heterocycles. The summed E-state index contributed by atoms with van der Waals surface area (Å²) in [7, 11) is 0. The second kappa shape index (κ2) is 8.59. The van der Waals surface area contributed by atoms with Crippen LogP contribution in [0.15, 0.2) is 47.8 Å². The van der Waals surface area contributed by atoms with Crippen LogP contribution in [0.5, 0.6) is 0 Å². The van der Waals surface area contributed by atoms with Crippen LogP contribution in [0.25, 0.3) is 11.1 Å². The van der Waals surface area contributed by atoms with E-state index in [-0.39, 0.29) is 12.5 Å². The number of benzene rings is 2. The van der Waals surface area contributed by atoms with Crippen molar-refractivity contribution >= 4 is 39.8 Å². The average Bonchev–Trinajstić information content (AvgIpc) is 3.08. The predicted octanol–water partition coefficient (Wildman–Crippen LogP) is 6.11. The van der Waals surface area contributed by atoms with E-state index in [4.69, 9.17) is 16.3 Å². The highest BCUT2D eigenvalue weighted by atomic mass is 35.5. The Bertz CT molecular complexity index is 1020. The zero-order valence-electron chi connectivity index (χ0n) is 15.8. The zero-order chi connectivity index (χ0) is 20.3. The van der Waals surface area contributed by atoms with Gasteiger partial charge in [0.25, 0.3) is 5.91 Å². The topological polar surface area (TPSA) is 55.4 Å². The van der Waals surface area contributed by atoms with Crippen molar-refractivity contribution in [2.45, 2.75) is 20.8 Å². The summed E-state index contributed by atoms with van der Waals surface area (Å²) >= 11 is 7.26. The molecule has 1 N–H and O–H groups in total. The van der Waals surface area contributed by atoms with E-state index in [0.29, 0.717) is 26.7 Å². The molecule has 0 radical (unpaired) electrons. The number of amides is 1. The van der Waals surface area contributed by atoms with Crippen LogP contribution in [-0.4, -0.2) is 18.5 Å². The van der Waals surface area contributed by atoms with Gasteiger partial charge in [-0.2, -0.15) is 0 Å². The number of ether oxygens (including phenoxy) is 1. The number of halogens is 1. The minimum Gasteiger partial charge on any atom is -0.462 e. The fourth-order valence-corrected chi connectivity index (χ4v) is 3.83. The van der Waals surface area contributed by atoms with Crippen molar-refractivity contribution in [1.29, 1.82) is 0 Å². The summed E-state index contributed by atoms with van der Waals surface area (Å²) in [5.41, 5.74) is 4.58. The number of hydrogen-bond acceptors (Lipinski definition) is 4. The number of carbonyl (C=O) groups excluding carboxylic acids is 2. The number of rotatable bonds is 5. The average molecular weight is 414 g/mol. The molecule has 144 valence electrons. The Balaban J connectivity index is 1.98. The monoisotopic (exact) mass is 413 g/mol. The highest BCUT2D eigenvalue weighted by molar-refractivity contribution is 7.15. The Kier molecular flexibility index (Phi) is 6.17. The highest BCUT2D eigenvalue weighted by Gasteiger charge is 2.23. The van der Waals surface area contributed by atoms with Crippen LogP contribution in [-0.2, 0) is 4.74 Å². The van der Waals surface area contributed by atoms with E-state index in [9.17, 15) is 9.59 Å². The molecule has 0 saturated heterocycles. The summed E-state index contributed by atoms with van der Waals surface area (Å²) in [6.07, 6.45) is 0. The van der Waals surface area contributed by atoms with Gasteiger partial charge >= 0.3 is 5.97 Å². The molecule has 3 rings (SSSR count). The Hall–Kier alpha value is -2.63. The maximum Gasteiger partial charge on any atom is 0.341 e. The second-order valence-corrected chi connectivity index (χ2v) is 7.65. The van der Waals surface area contributed by atoms with E-state index in [1.165, 1.54) is 11.3 Å². The minimum absolute atomic E-state index is 0.249. The van der Waals surface area contributed by atoms with E-state index in [2.05, 4.69) is 5.32 Å². The number of esters is 1. The molecule has 1 amide bonds. The summed E-state index contributed by atoms with van der Waals surface area (Å²) < 4.78 is 5.23. The number of thiophene rings is 1. The number of carbonyl (C=O) groups is 2. The molecule has 1 heterocycles. The third-order valence-corrected chi connectivity index (χ3v) is 5.57. The van der Waals surface area contributed by atoms with Crippen molar-refractivity contribution in [2.75, 3.05) is 11.9 Å². The summed E-state index contributed by atoms with van der Waals surface area (Å²) in [6, 6.07) is 12.7. The fraction of sp³-hybridized carbons (Fsp3) is 0.182. The number of nitrogens with one attached hydrogen (secondary N) is 1. The molecule has 0 bridgehead atoms. The van der Waals surface area contributed by atoms with Crippen LogP contribution in [0.4, 0.5) is 5.00 Å². The summed E-state index contributed by atoms with van der Waals surface area (Å²) in [5.74, 6) is -0.734. The molecule has 6 heteroatoms.